The molecule has 0 saturated heterocycles. The predicted octanol–water partition coefficient (Wildman–Crippen LogP) is 4.48. The van der Waals surface area contributed by atoms with Crippen molar-refractivity contribution < 1.29 is 26.3 Å². The molecule has 0 amide bonds. The summed E-state index contributed by atoms with van der Waals surface area (Å²) in [5.74, 6) is 0. The molecule has 0 aliphatic heterocycles. The second-order valence-electron chi connectivity index (χ2n) is 3.53. The van der Waals surface area contributed by atoms with Gasteiger partial charge in [0.25, 0.3) is 0 Å². The number of alkyl halides is 6. The first-order chi connectivity index (χ1) is 7.66. The van der Waals surface area contributed by atoms with Crippen LogP contribution in [-0.4, -0.2) is 0 Å². The first-order valence-corrected chi connectivity index (χ1v) is 4.85. The molecule has 0 saturated carbocycles. The molecule has 1 aromatic carbocycles. The Balaban J connectivity index is 3.30. The highest BCUT2D eigenvalue weighted by Crippen LogP contribution is 2.37. The predicted molar refractivity (Wildman–Crippen MR) is 49.3 cm³/mol. The van der Waals surface area contributed by atoms with E-state index >= 15 is 0 Å². The van der Waals surface area contributed by atoms with E-state index in [1.165, 1.54) is 0 Å². The molecule has 6 heteroatoms. The van der Waals surface area contributed by atoms with Gasteiger partial charge < -0.3 is 0 Å². The van der Waals surface area contributed by atoms with Crippen LogP contribution in [0.5, 0.6) is 0 Å². The second-order valence-corrected chi connectivity index (χ2v) is 3.53. The largest absolute Gasteiger partial charge is 0.416 e. The van der Waals surface area contributed by atoms with Crippen molar-refractivity contribution in [2.75, 3.05) is 0 Å². The molecule has 0 fully saturated rings. The van der Waals surface area contributed by atoms with E-state index in [0.29, 0.717) is 12.5 Å². The van der Waals surface area contributed by atoms with E-state index in [9.17, 15) is 26.3 Å². The number of halogens is 6. The van der Waals surface area contributed by atoms with Gasteiger partial charge in [0.1, 0.15) is 0 Å². The Kier molecular flexibility index (Phi) is 3.74. The van der Waals surface area contributed by atoms with Crippen LogP contribution in [0.1, 0.15) is 30.0 Å². The van der Waals surface area contributed by atoms with Crippen LogP contribution < -0.4 is 0 Å². The van der Waals surface area contributed by atoms with Gasteiger partial charge in [-0.1, -0.05) is 13.3 Å². The molecule has 95 valence electrons. The summed E-state index contributed by atoms with van der Waals surface area (Å²) in [7, 11) is 0. The van der Waals surface area contributed by atoms with Crippen LogP contribution in [0.4, 0.5) is 26.3 Å². The van der Waals surface area contributed by atoms with E-state index in [-0.39, 0.29) is 18.1 Å². The molecule has 0 heterocycles. The Morgan fingerprint density at radius 2 is 1.65 bits per heavy atom. The first kappa shape index (κ1) is 13.9. The van der Waals surface area contributed by atoms with Crippen LogP contribution in [-0.2, 0) is 18.8 Å². The van der Waals surface area contributed by atoms with Crippen LogP contribution in [0.2, 0.25) is 0 Å². The van der Waals surface area contributed by atoms with Gasteiger partial charge in [0.2, 0.25) is 0 Å². The Hall–Kier alpha value is -1.20. The minimum atomic E-state index is -4.79. The van der Waals surface area contributed by atoms with Crippen molar-refractivity contribution >= 4 is 0 Å². The van der Waals surface area contributed by atoms with Crippen molar-refractivity contribution in [3.8, 4) is 0 Å². The second kappa shape index (κ2) is 4.58. The molecule has 0 aliphatic rings. The maximum Gasteiger partial charge on any atom is 0.416 e. The molecule has 1 aromatic rings. The third-order valence-electron chi connectivity index (χ3n) is 2.16. The van der Waals surface area contributed by atoms with Crippen molar-refractivity contribution in [3.05, 3.63) is 34.9 Å². The molecule has 0 aliphatic carbocycles. The minimum absolute atomic E-state index is 0.0486. The molecule has 1 rings (SSSR count). The van der Waals surface area contributed by atoms with Gasteiger partial charge in [0.05, 0.1) is 11.1 Å². The number of aryl methyl sites for hydroxylation is 1. The molecule has 1 radical (unpaired) electrons. The molecule has 17 heavy (non-hydrogen) atoms. The summed E-state index contributed by atoms with van der Waals surface area (Å²) < 4.78 is 74.5. The third-order valence-corrected chi connectivity index (χ3v) is 2.16. The van der Waals surface area contributed by atoms with Crippen molar-refractivity contribution in [1.82, 2.24) is 0 Å². The Labute approximate surface area is 94.2 Å². The SMILES string of the molecule is CCCc1[c]cc(C(F)(F)F)cc1C(F)(F)F. The van der Waals surface area contributed by atoms with Crippen LogP contribution in [0.15, 0.2) is 12.1 Å². The lowest BCUT2D eigenvalue weighted by molar-refractivity contribution is -0.143. The monoisotopic (exact) mass is 255 g/mol. The fourth-order valence-electron chi connectivity index (χ4n) is 1.40. The van der Waals surface area contributed by atoms with E-state index in [0.717, 1.165) is 0 Å². The van der Waals surface area contributed by atoms with E-state index in [1.54, 1.807) is 6.92 Å². The molecule has 0 unspecified atom stereocenters. The minimum Gasteiger partial charge on any atom is -0.166 e. The van der Waals surface area contributed by atoms with Crippen molar-refractivity contribution in [2.24, 2.45) is 0 Å². The summed E-state index contributed by atoms with van der Waals surface area (Å²) in [6.07, 6.45) is -9.12. The van der Waals surface area contributed by atoms with Gasteiger partial charge >= 0.3 is 12.4 Å². The maximum absolute atomic E-state index is 12.6. The highest BCUT2D eigenvalue weighted by Gasteiger charge is 2.37. The normalized spacial score (nSPS) is 12.9. The highest BCUT2D eigenvalue weighted by atomic mass is 19.4. The number of benzene rings is 1. The summed E-state index contributed by atoms with van der Waals surface area (Å²) in [6.45, 7) is 1.64. The topological polar surface area (TPSA) is 0 Å². The van der Waals surface area contributed by atoms with E-state index in [2.05, 4.69) is 6.07 Å². The smallest absolute Gasteiger partial charge is 0.166 e. The third kappa shape index (κ3) is 3.38. The van der Waals surface area contributed by atoms with Crippen LogP contribution in [0.3, 0.4) is 0 Å². The van der Waals surface area contributed by atoms with Gasteiger partial charge in [-0.05, 0) is 30.2 Å². The zero-order valence-electron chi connectivity index (χ0n) is 8.84. The lowest BCUT2D eigenvalue weighted by Crippen LogP contribution is -2.13. The lowest BCUT2D eigenvalue weighted by Gasteiger charge is -2.15. The highest BCUT2D eigenvalue weighted by molar-refractivity contribution is 5.34. The number of hydrogen-bond acceptors (Lipinski definition) is 0. The zero-order chi connectivity index (χ0) is 13.3. The molecule has 0 spiro atoms. The molecule has 0 nitrogen and oxygen atoms in total. The molecular weight excluding hydrogens is 246 g/mol. The molecule has 0 aromatic heterocycles. The van der Waals surface area contributed by atoms with Crippen molar-refractivity contribution in [2.45, 2.75) is 32.1 Å². The molecule has 0 bridgehead atoms. The average molecular weight is 255 g/mol. The fourth-order valence-corrected chi connectivity index (χ4v) is 1.40. The Morgan fingerprint density at radius 3 is 2.06 bits per heavy atom. The van der Waals surface area contributed by atoms with Crippen LogP contribution >= 0.6 is 0 Å². The molecule has 0 atom stereocenters. The van der Waals surface area contributed by atoms with Gasteiger partial charge in [-0.2, -0.15) is 26.3 Å². The first-order valence-electron chi connectivity index (χ1n) is 4.85. The summed E-state index contributed by atoms with van der Waals surface area (Å²) in [5.41, 5.74) is -2.81. The van der Waals surface area contributed by atoms with Gasteiger partial charge in [-0.25, -0.2) is 0 Å². The standard InChI is InChI=1S/C11H9F6/c1-2-3-7-4-5-8(10(12,13)14)6-9(7)11(15,16)17/h5-6H,2-3H2,1H3. The van der Waals surface area contributed by atoms with Crippen LogP contribution in [0.25, 0.3) is 0 Å². The van der Waals surface area contributed by atoms with Gasteiger partial charge in [0, 0.05) is 0 Å². The van der Waals surface area contributed by atoms with Gasteiger partial charge in [-0.15, -0.1) is 0 Å². The summed E-state index contributed by atoms with van der Waals surface area (Å²) in [5, 5.41) is 0. The summed E-state index contributed by atoms with van der Waals surface area (Å²) in [6, 6.07) is 2.78. The average Bonchev–Trinajstić information content (AvgIpc) is 2.15. The van der Waals surface area contributed by atoms with E-state index in [4.69, 9.17) is 0 Å². The fraction of sp³-hybridized carbons (Fsp3) is 0.455. The number of hydrogen-bond donors (Lipinski definition) is 0. The zero-order valence-corrected chi connectivity index (χ0v) is 8.84. The maximum atomic E-state index is 12.6. The lowest BCUT2D eigenvalue weighted by atomic mass is 10.00. The quantitative estimate of drug-likeness (QED) is 0.683. The molecular formula is C11H9F6. The van der Waals surface area contributed by atoms with Crippen molar-refractivity contribution in [3.63, 3.8) is 0 Å². The van der Waals surface area contributed by atoms with E-state index < -0.39 is 23.5 Å². The van der Waals surface area contributed by atoms with Gasteiger partial charge in [-0.3, -0.25) is 0 Å². The van der Waals surface area contributed by atoms with Crippen LogP contribution in [0, 0.1) is 6.07 Å². The summed E-state index contributed by atoms with van der Waals surface area (Å²) >= 11 is 0. The van der Waals surface area contributed by atoms with Gasteiger partial charge in [0.15, 0.2) is 0 Å². The Morgan fingerprint density at radius 1 is 1.06 bits per heavy atom. The summed E-state index contributed by atoms with van der Waals surface area (Å²) in [4.78, 5) is 0. The van der Waals surface area contributed by atoms with E-state index in [1.807, 2.05) is 0 Å². The Bertz CT molecular complexity index is 388. The molecule has 0 N–H and O–H groups in total. The van der Waals surface area contributed by atoms with Crippen molar-refractivity contribution in [1.29, 1.82) is 0 Å². The number of rotatable bonds is 2.